The van der Waals surface area contributed by atoms with E-state index >= 15 is 0 Å². The first kappa shape index (κ1) is 24.8. The first-order valence-electron chi connectivity index (χ1n) is 13.3. The predicted molar refractivity (Wildman–Crippen MR) is 141 cm³/mol. The summed E-state index contributed by atoms with van der Waals surface area (Å²) in [6.07, 6.45) is 8.79. The third-order valence-electron chi connectivity index (χ3n) is 9.12. The van der Waals surface area contributed by atoms with Crippen LogP contribution in [0.25, 0.3) is 0 Å². The standard InChI is InChI=1S/C30H37NO3.ClH/c1-33-26-11-5-10-24-19-27-30(34-18-6-9-22-7-3-2-4-8-22)15-14-25(32)20-29(30,28(24)26)16-17-31(27)21-23-12-13-23;/h2-5,7-8,10-11,23,27H,6,9,12-21H2,1H3;1H/t27-,29-,30-;/m1./s1. The quantitative estimate of drug-likeness (QED) is 0.451. The molecule has 1 aliphatic heterocycles. The summed E-state index contributed by atoms with van der Waals surface area (Å²) in [5.74, 6) is 2.18. The Hall–Kier alpha value is -1.88. The molecule has 188 valence electrons. The second-order valence-electron chi connectivity index (χ2n) is 11.0. The van der Waals surface area contributed by atoms with Crippen LogP contribution in [0.1, 0.15) is 61.6 Å². The van der Waals surface area contributed by atoms with Crippen molar-refractivity contribution in [2.24, 2.45) is 5.92 Å². The fourth-order valence-electron chi connectivity index (χ4n) is 7.43. The number of ether oxygens (including phenoxy) is 2. The van der Waals surface area contributed by atoms with Crippen LogP contribution in [0.5, 0.6) is 5.75 Å². The molecular formula is C30H38ClNO3. The molecule has 3 fully saturated rings. The number of piperidine rings is 1. The molecule has 3 aliphatic carbocycles. The molecule has 5 heteroatoms. The second-order valence-corrected chi connectivity index (χ2v) is 11.0. The first-order chi connectivity index (χ1) is 16.6. The molecule has 4 nitrogen and oxygen atoms in total. The minimum Gasteiger partial charge on any atom is -0.496 e. The van der Waals surface area contributed by atoms with Crippen LogP contribution in [-0.2, 0) is 27.8 Å². The Morgan fingerprint density at radius 1 is 1.06 bits per heavy atom. The Morgan fingerprint density at radius 3 is 2.66 bits per heavy atom. The van der Waals surface area contributed by atoms with Gasteiger partial charge in [0.1, 0.15) is 11.5 Å². The number of aryl methyl sites for hydroxylation is 1. The van der Waals surface area contributed by atoms with Crippen LogP contribution >= 0.6 is 12.4 Å². The molecule has 2 aromatic carbocycles. The van der Waals surface area contributed by atoms with E-state index in [1.165, 1.54) is 36.1 Å². The molecule has 0 N–H and O–H groups in total. The third kappa shape index (κ3) is 4.22. The van der Waals surface area contributed by atoms with Crippen molar-refractivity contribution in [2.75, 3.05) is 26.8 Å². The summed E-state index contributed by atoms with van der Waals surface area (Å²) < 4.78 is 13.1. The normalized spacial score (nSPS) is 29.6. The largest absolute Gasteiger partial charge is 0.496 e. The zero-order valence-corrected chi connectivity index (χ0v) is 21.7. The number of nitrogens with zero attached hydrogens (tertiary/aromatic N) is 1. The first-order valence-corrected chi connectivity index (χ1v) is 13.3. The van der Waals surface area contributed by atoms with Crippen molar-refractivity contribution in [1.29, 1.82) is 0 Å². The Labute approximate surface area is 215 Å². The highest BCUT2D eigenvalue weighted by Gasteiger charge is 2.67. The summed E-state index contributed by atoms with van der Waals surface area (Å²) in [6.45, 7) is 2.98. The number of hydrogen-bond acceptors (Lipinski definition) is 4. The van der Waals surface area contributed by atoms with Crippen molar-refractivity contribution in [2.45, 2.75) is 74.8 Å². The van der Waals surface area contributed by atoms with Crippen molar-refractivity contribution in [3.63, 3.8) is 0 Å². The zero-order valence-electron chi connectivity index (χ0n) is 20.8. The van der Waals surface area contributed by atoms with Gasteiger partial charge in [0.25, 0.3) is 0 Å². The number of fused-ring (bicyclic) bond motifs is 1. The van der Waals surface area contributed by atoms with Crippen molar-refractivity contribution in [3.05, 3.63) is 65.2 Å². The molecular weight excluding hydrogens is 458 g/mol. The molecule has 0 amide bonds. The van der Waals surface area contributed by atoms with E-state index < -0.39 is 0 Å². The predicted octanol–water partition coefficient (Wildman–Crippen LogP) is 5.54. The summed E-state index contributed by atoms with van der Waals surface area (Å²) in [4.78, 5) is 15.8. The fraction of sp³-hybridized carbons (Fsp3) is 0.567. The molecule has 1 saturated heterocycles. The van der Waals surface area contributed by atoms with Gasteiger partial charge in [-0.05, 0) is 74.6 Å². The SMILES string of the molecule is COc1cccc2c1[C@]13CCN(CC4CC4)[C@H](C2)[C@]1(OCCCc1ccccc1)CCC(=O)C3.Cl. The third-order valence-corrected chi connectivity index (χ3v) is 9.12. The van der Waals surface area contributed by atoms with Crippen LogP contribution in [0.4, 0.5) is 0 Å². The Kier molecular flexibility index (Phi) is 7.00. The zero-order chi connectivity index (χ0) is 23.2. The lowest BCUT2D eigenvalue weighted by atomic mass is 9.49. The Morgan fingerprint density at radius 2 is 1.89 bits per heavy atom. The van der Waals surface area contributed by atoms with Gasteiger partial charge in [-0.25, -0.2) is 0 Å². The lowest BCUT2D eigenvalue weighted by Crippen LogP contribution is -2.74. The maximum atomic E-state index is 13.0. The summed E-state index contributed by atoms with van der Waals surface area (Å²) in [7, 11) is 1.77. The maximum absolute atomic E-state index is 13.0. The Bertz CT molecular complexity index is 1050. The van der Waals surface area contributed by atoms with Gasteiger partial charge in [0.15, 0.2) is 0 Å². The lowest BCUT2D eigenvalue weighted by molar-refractivity contribution is -0.201. The number of Topliss-reactive ketones (excluding diaryl/α,β-unsaturated/α-hetero) is 1. The van der Waals surface area contributed by atoms with Crippen LogP contribution in [-0.4, -0.2) is 49.1 Å². The van der Waals surface area contributed by atoms with Crippen LogP contribution < -0.4 is 4.74 Å². The number of carbonyl (C=O) groups excluding carboxylic acids is 1. The minimum atomic E-state index is -0.313. The average Bonchev–Trinajstić information content (AvgIpc) is 3.68. The van der Waals surface area contributed by atoms with Crippen molar-refractivity contribution < 1.29 is 14.3 Å². The number of methoxy groups -OCH3 is 1. The van der Waals surface area contributed by atoms with E-state index in [1.54, 1.807) is 7.11 Å². The highest BCUT2D eigenvalue weighted by atomic mass is 35.5. The molecule has 1 heterocycles. The molecule has 0 spiro atoms. The second kappa shape index (κ2) is 9.88. The number of benzene rings is 2. The Balaban J connectivity index is 0.00000253. The lowest BCUT2D eigenvalue weighted by Gasteiger charge is -2.65. The van der Waals surface area contributed by atoms with E-state index in [1.807, 2.05) is 0 Å². The van der Waals surface area contributed by atoms with Crippen molar-refractivity contribution in [3.8, 4) is 5.75 Å². The molecule has 4 aliphatic rings. The number of halogens is 1. The van der Waals surface area contributed by atoms with E-state index in [0.29, 0.717) is 24.7 Å². The number of ketones is 1. The molecule has 2 saturated carbocycles. The molecule has 0 aromatic heterocycles. The topological polar surface area (TPSA) is 38.8 Å². The number of carbonyl (C=O) groups is 1. The molecule has 6 rings (SSSR count). The molecule has 0 unspecified atom stereocenters. The minimum absolute atomic E-state index is 0. The van der Waals surface area contributed by atoms with Crippen molar-refractivity contribution >= 4 is 18.2 Å². The van der Waals surface area contributed by atoms with E-state index in [4.69, 9.17) is 9.47 Å². The van der Waals surface area contributed by atoms with E-state index in [9.17, 15) is 4.79 Å². The van der Waals surface area contributed by atoms with E-state index in [0.717, 1.165) is 56.9 Å². The molecule has 2 bridgehead atoms. The smallest absolute Gasteiger partial charge is 0.134 e. The van der Waals surface area contributed by atoms with Gasteiger partial charge >= 0.3 is 0 Å². The van der Waals surface area contributed by atoms with Gasteiger partial charge in [0.2, 0.25) is 0 Å². The van der Waals surface area contributed by atoms with Gasteiger partial charge in [-0.1, -0.05) is 42.5 Å². The monoisotopic (exact) mass is 495 g/mol. The van der Waals surface area contributed by atoms with Crippen LogP contribution in [0.3, 0.4) is 0 Å². The van der Waals surface area contributed by atoms with Gasteiger partial charge in [0, 0.05) is 43.0 Å². The summed E-state index contributed by atoms with van der Waals surface area (Å²) in [6, 6.07) is 17.5. The van der Waals surface area contributed by atoms with Gasteiger partial charge in [-0.2, -0.15) is 0 Å². The van der Waals surface area contributed by atoms with Gasteiger partial charge < -0.3 is 9.47 Å². The van der Waals surface area contributed by atoms with Gasteiger partial charge in [0.05, 0.1) is 12.7 Å². The molecule has 35 heavy (non-hydrogen) atoms. The van der Waals surface area contributed by atoms with Gasteiger partial charge in [-0.3, -0.25) is 9.69 Å². The highest BCUT2D eigenvalue weighted by Crippen LogP contribution is 2.61. The van der Waals surface area contributed by atoms with Crippen LogP contribution in [0.15, 0.2) is 48.5 Å². The molecule has 0 radical (unpaired) electrons. The molecule has 2 aromatic rings. The summed E-state index contributed by atoms with van der Waals surface area (Å²) >= 11 is 0. The maximum Gasteiger partial charge on any atom is 0.134 e. The highest BCUT2D eigenvalue weighted by molar-refractivity contribution is 5.85. The molecule has 3 atom stereocenters. The van der Waals surface area contributed by atoms with E-state index in [-0.39, 0.29) is 23.4 Å². The van der Waals surface area contributed by atoms with Crippen molar-refractivity contribution in [1.82, 2.24) is 4.90 Å². The fourth-order valence-corrected chi connectivity index (χ4v) is 7.43. The summed E-state index contributed by atoms with van der Waals surface area (Å²) in [5.41, 5.74) is 3.41. The average molecular weight is 496 g/mol. The van der Waals surface area contributed by atoms with Crippen LogP contribution in [0.2, 0.25) is 0 Å². The van der Waals surface area contributed by atoms with E-state index in [2.05, 4.69) is 53.4 Å². The number of hydrogen-bond donors (Lipinski definition) is 0. The number of likely N-dealkylation sites (tertiary alicyclic amines) is 1. The number of rotatable bonds is 8. The van der Waals surface area contributed by atoms with Gasteiger partial charge in [-0.15, -0.1) is 12.4 Å². The van der Waals surface area contributed by atoms with Crippen LogP contribution in [0, 0.1) is 5.92 Å². The summed E-state index contributed by atoms with van der Waals surface area (Å²) in [5, 5.41) is 0.